The molecule has 0 aliphatic carbocycles. The van der Waals surface area contributed by atoms with E-state index in [1.165, 1.54) is 0 Å². The largest absolute Gasteiger partial charge is 0.496 e. The maximum absolute atomic E-state index is 5.89. The van der Waals surface area contributed by atoms with E-state index in [1.807, 2.05) is 19.1 Å². The van der Waals surface area contributed by atoms with Gasteiger partial charge >= 0.3 is 0 Å². The maximum atomic E-state index is 5.89. The van der Waals surface area contributed by atoms with E-state index >= 15 is 0 Å². The Kier molecular flexibility index (Phi) is 3.79. The molecule has 0 atom stereocenters. The van der Waals surface area contributed by atoms with Crippen molar-refractivity contribution in [2.45, 2.75) is 33.1 Å². The molecule has 2 N–H and O–H groups in total. The zero-order valence-electron chi connectivity index (χ0n) is 11.9. The Balaban J connectivity index is 2.57. The molecule has 0 aliphatic heterocycles. The Morgan fingerprint density at radius 1 is 1.37 bits per heavy atom. The van der Waals surface area contributed by atoms with E-state index in [4.69, 9.17) is 15.0 Å². The molecule has 0 saturated heterocycles. The molecule has 4 heteroatoms. The van der Waals surface area contributed by atoms with Gasteiger partial charge in [0.05, 0.1) is 18.4 Å². The molecule has 1 aromatic heterocycles. The normalized spacial score (nSPS) is 11.0. The summed E-state index contributed by atoms with van der Waals surface area (Å²) in [5.74, 6) is 1.64. The van der Waals surface area contributed by atoms with Crippen molar-refractivity contribution in [1.29, 1.82) is 0 Å². The van der Waals surface area contributed by atoms with Gasteiger partial charge in [0.25, 0.3) is 0 Å². The quantitative estimate of drug-likeness (QED) is 0.912. The van der Waals surface area contributed by atoms with E-state index in [2.05, 4.69) is 25.1 Å². The van der Waals surface area contributed by atoms with E-state index in [-0.39, 0.29) is 0 Å². The molecule has 102 valence electrons. The number of ether oxygens (including phenoxy) is 1. The number of aryl methyl sites for hydroxylation is 1. The average Bonchev–Trinajstić information content (AvgIpc) is 2.79. The van der Waals surface area contributed by atoms with E-state index in [1.54, 1.807) is 7.11 Å². The number of nitrogens with zero attached hydrogens (tertiary/aromatic N) is 1. The third kappa shape index (κ3) is 2.43. The van der Waals surface area contributed by atoms with Crippen LogP contribution in [0, 0.1) is 0 Å². The van der Waals surface area contributed by atoms with Gasteiger partial charge in [-0.25, -0.2) is 0 Å². The topological polar surface area (TPSA) is 61.3 Å². The van der Waals surface area contributed by atoms with Gasteiger partial charge in [0.15, 0.2) is 0 Å². The highest BCUT2D eigenvalue weighted by molar-refractivity contribution is 5.76. The molecular formula is C15H20N2O2. The summed E-state index contributed by atoms with van der Waals surface area (Å²) in [7, 11) is 1.69. The summed E-state index contributed by atoms with van der Waals surface area (Å²) in [5, 5.41) is 4.00. The molecule has 4 nitrogen and oxygen atoms in total. The minimum absolute atomic E-state index is 0.372. The summed E-state index contributed by atoms with van der Waals surface area (Å²) in [5.41, 5.74) is 9.85. The standard InChI is InChI=1S/C15H20N2O2/c1-5-12-14(15(16)19-17-12)10-6-7-13(18-4)11(8-10)9(2)3/h6-9H,5,16H2,1-4H3. The van der Waals surface area contributed by atoms with Gasteiger partial charge in [-0.2, -0.15) is 0 Å². The SMILES string of the molecule is CCc1noc(N)c1-c1ccc(OC)c(C(C)C)c1. The van der Waals surface area contributed by atoms with E-state index in [0.29, 0.717) is 11.8 Å². The molecule has 1 aromatic carbocycles. The van der Waals surface area contributed by atoms with Crippen LogP contribution in [0.1, 0.15) is 37.9 Å². The van der Waals surface area contributed by atoms with Gasteiger partial charge < -0.3 is 15.0 Å². The zero-order valence-corrected chi connectivity index (χ0v) is 11.9. The summed E-state index contributed by atoms with van der Waals surface area (Å²) in [4.78, 5) is 0. The molecular weight excluding hydrogens is 240 g/mol. The molecule has 0 amide bonds. The van der Waals surface area contributed by atoms with Crippen LogP contribution in [0.25, 0.3) is 11.1 Å². The molecule has 2 rings (SSSR count). The number of rotatable bonds is 4. The second-order valence-corrected chi connectivity index (χ2v) is 4.83. The summed E-state index contributed by atoms with van der Waals surface area (Å²) >= 11 is 0. The van der Waals surface area contributed by atoms with Gasteiger partial charge in [-0.05, 0) is 35.6 Å². The molecule has 19 heavy (non-hydrogen) atoms. The maximum Gasteiger partial charge on any atom is 0.230 e. The first kappa shape index (κ1) is 13.5. The van der Waals surface area contributed by atoms with E-state index < -0.39 is 0 Å². The number of hydrogen-bond acceptors (Lipinski definition) is 4. The van der Waals surface area contributed by atoms with Crippen molar-refractivity contribution < 1.29 is 9.26 Å². The first-order valence-corrected chi connectivity index (χ1v) is 6.50. The van der Waals surface area contributed by atoms with Gasteiger partial charge in [0.2, 0.25) is 5.88 Å². The third-order valence-corrected chi connectivity index (χ3v) is 3.26. The van der Waals surface area contributed by atoms with Gasteiger partial charge in [0, 0.05) is 0 Å². The Bertz CT molecular complexity index is 574. The minimum Gasteiger partial charge on any atom is -0.496 e. The highest BCUT2D eigenvalue weighted by atomic mass is 16.5. The Labute approximate surface area is 113 Å². The predicted octanol–water partition coefficient (Wildman–Crippen LogP) is 3.62. The van der Waals surface area contributed by atoms with Crippen LogP contribution in [-0.2, 0) is 6.42 Å². The van der Waals surface area contributed by atoms with Gasteiger partial charge in [-0.3, -0.25) is 0 Å². The lowest BCUT2D eigenvalue weighted by Gasteiger charge is -2.13. The molecule has 0 radical (unpaired) electrons. The third-order valence-electron chi connectivity index (χ3n) is 3.26. The summed E-state index contributed by atoms with van der Waals surface area (Å²) in [6.45, 7) is 6.31. The van der Waals surface area contributed by atoms with Crippen molar-refractivity contribution in [2.75, 3.05) is 12.8 Å². The van der Waals surface area contributed by atoms with Crippen molar-refractivity contribution in [3.8, 4) is 16.9 Å². The Hall–Kier alpha value is -1.97. The highest BCUT2D eigenvalue weighted by Crippen LogP contribution is 2.35. The number of benzene rings is 1. The van der Waals surface area contributed by atoms with E-state index in [0.717, 1.165) is 34.6 Å². The van der Waals surface area contributed by atoms with E-state index in [9.17, 15) is 0 Å². The second-order valence-electron chi connectivity index (χ2n) is 4.83. The van der Waals surface area contributed by atoms with Gasteiger partial charge in [-0.1, -0.05) is 32.0 Å². The van der Waals surface area contributed by atoms with Crippen LogP contribution in [0.4, 0.5) is 5.88 Å². The summed E-state index contributed by atoms with van der Waals surface area (Å²) in [6.07, 6.45) is 0.791. The fourth-order valence-corrected chi connectivity index (χ4v) is 2.23. The smallest absolute Gasteiger partial charge is 0.230 e. The van der Waals surface area contributed by atoms with Crippen molar-refractivity contribution in [1.82, 2.24) is 5.16 Å². The minimum atomic E-state index is 0.372. The molecule has 0 saturated carbocycles. The molecule has 0 fully saturated rings. The van der Waals surface area contributed by atoms with Crippen LogP contribution in [0.2, 0.25) is 0 Å². The van der Waals surface area contributed by atoms with Crippen LogP contribution in [0.5, 0.6) is 5.75 Å². The highest BCUT2D eigenvalue weighted by Gasteiger charge is 2.17. The fraction of sp³-hybridized carbons (Fsp3) is 0.400. The van der Waals surface area contributed by atoms with Crippen LogP contribution in [-0.4, -0.2) is 12.3 Å². The number of anilines is 1. The van der Waals surface area contributed by atoms with Gasteiger partial charge in [-0.15, -0.1) is 0 Å². The van der Waals surface area contributed by atoms with Crippen LogP contribution in [0.15, 0.2) is 22.7 Å². The number of nitrogen functional groups attached to an aromatic ring is 1. The molecule has 1 heterocycles. The van der Waals surface area contributed by atoms with Crippen LogP contribution < -0.4 is 10.5 Å². The number of nitrogens with two attached hydrogens (primary N) is 1. The van der Waals surface area contributed by atoms with Crippen molar-refractivity contribution in [2.24, 2.45) is 0 Å². The van der Waals surface area contributed by atoms with Crippen molar-refractivity contribution in [3.05, 3.63) is 29.5 Å². The summed E-state index contributed by atoms with van der Waals surface area (Å²) < 4.78 is 10.5. The lowest BCUT2D eigenvalue weighted by Crippen LogP contribution is -1.96. The van der Waals surface area contributed by atoms with Crippen LogP contribution >= 0.6 is 0 Å². The first-order chi connectivity index (χ1) is 9.08. The zero-order chi connectivity index (χ0) is 14.0. The average molecular weight is 260 g/mol. The van der Waals surface area contributed by atoms with Crippen molar-refractivity contribution >= 4 is 5.88 Å². The first-order valence-electron chi connectivity index (χ1n) is 6.50. The lowest BCUT2D eigenvalue weighted by molar-refractivity contribution is 0.407. The second kappa shape index (κ2) is 5.34. The number of hydrogen-bond donors (Lipinski definition) is 1. The monoisotopic (exact) mass is 260 g/mol. The molecule has 2 aromatic rings. The van der Waals surface area contributed by atoms with Gasteiger partial charge in [0.1, 0.15) is 5.75 Å². The Morgan fingerprint density at radius 2 is 2.11 bits per heavy atom. The van der Waals surface area contributed by atoms with Crippen molar-refractivity contribution in [3.63, 3.8) is 0 Å². The lowest BCUT2D eigenvalue weighted by atomic mass is 9.96. The fourth-order valence-electron chi connectivity index (χ4n) is 2.23. The number of methoxy groups -OCH3 is 1. The summed E-state index contributed by atoms with van der Waals surface area (Å²) in [6, 6.07) is 6.06. The molecule has 0 aliphatic rings. The Morgan fingerprint density at radius 3 is 2.68 bits per heavy atom. The predicted molar refractivity (Wildman–Crippen MR) is 76.4 cm³/mol. The molecule has 0 bridgehead atoms. The molecule has 0 unspecified atom stereocenters. The number of aromatic nitrogens is 1. The van der Waals surface area contributed by atoms with Crippen LogP contribution in [0.3, 0.4) is 0 Å². The molecule has 0 spiro atoms.